The topological polar surface area (TPSA) is 62.3 Å². The number of nitrogens with one attached hydrogen (secondary N) is 1. The van der Waals surface area contributed by atoms with Crippen LogP contribution in [0.5, 0.6) is 0 Å². The van der Waals surface area contributed by atoms with E-state index in [0.717, 1.165) is 28.8 Å². The number of hydrogen-bond acceptors (Lipinski definition) is 4. The largest absolute Gasteiger partial charge is 0.350 e. The summed E-state index contributed by atoms with van der Waals surface area (Å²) in [6.45, 7) is 3.34. The van der Waals surface area contributed by atoms with Crippen molar-refractivity contribution in [3.8, 4) is 0 Å². The summed E-state index contributed by atoms with van der Waals surface area (Å²) in [5.41, 5.74) is 1.96. The number of likely N-dealkylation sites (tertiary alicyclic amines) is 1. The molecule has 1 N–H and O–H groups in total. The van der Waals surface area contributed by atoms with E-state index in [1.807, 2.05) is 35.4 Å². The van der Waals surface area contributed by atoms with Crippen molar-refractivity contribution in [2.24, 2.45) is 0 Å². The van der Waals surface area contributed by atoms with Crippen LogP contribution in [0.3, 0.4) is 0 Å². The third-order valence-corrected chi connectivity index (χ3v) is 6.56. The lowest BCUT2D eigenvalue weighted by Gasteiger charge is -2.43. The van der Waals surface area contributed by atoms with E-state index in [2.05, 4.69) is 10.3 Å². The summed E-state index contributed by atoms with van der Waals surface area (Å²) in [7, 11) is 0. The molecule has 2 aromatic rings. The molecule has 1 atom stereocenters. The van der Waals surface area contributed by atoms with Crippen LogP contribution < -0.4 is 5.32 Å². The molecule has 25 heavy (non-hydrogen) atoms. The summed E-state index contributed by atoms with van der Waals surface area (Å²) in [4.78, 5) is 31.7. The van der Waals surface area contributed by atoms with Crippen molar-refractivity contribution in [2.45, 2.75) is 37.6 Å². The highest BCUT2D eigenvalue weighted by Crippen LogP contribution is 2.43. The van der Waals surface area contributed by atoms with Crippen molar-refractivity contribution in [1.82, 2.24) is 15.2 Å². The Morgan fingerprint density at radius 3 is 2.64 bits per heavy atom. The standard InChI is InChI=1S/C19H21N3O2S/c1-13-4-11-25-17(13)18(24)22-9-5-19(6-10-22)15(12-16(23)21-19)14-2-7-20-8-3-14/h2-4,7-8,11,15H,5-6,9-10,12H2,1H3,(H,21,23). The number of thiophene rings is 1. The number of aromatic nitrogens is 1. The highest BCUT2D eigenvalue weighted by molar-refractivity contribution is 7.12. The molecule has 2 fully saturated rings. The van der Waals surface area contributed by atoms with Crippen molar-refractivity contribution in [1.29, 1.82) is 0 Å². The Morgan fingerprint density at radius 1 is 1.28 bits per heavy atom. The first-order chi connectivity index (χ1) is 12.1. The molecule has 5 nitrogen and oxygen atoms in total. The maximum atomic E-state index is 12.7. The number of nitrogens with zero attached hydrogens (tertiary/aromatic N) is 2. The first-order valence-electron chi connectivity index (χ1n) is 8.63. The van der Waals surface area contributed by atoms with Gasteiger partial charge in [0.2, 0.25) is 5.91 Å². The van der Waals surface area contributed by atoms with E-state index in [9.17, 15) is 9.59 Å². The molecule has 130 valence electrons. The normalized spacial score (nSPS) is 22.2. The van der Waals surface area contributed by atoms with E-state index in [1.165, 1.54) is 11.3 Å². The molecule has 2 aromatic heterocycles. The molecule has 0 saturated carbocycles. The van der Waals surface area contributed by atoms with Gasteiger partial charge in [0.25, 0.3) is 5.91 Å². The number of aryl methyl sites for hydroxylation is 1. The van der Waals surface area contributed by atoms with E-state index in [-0.39, 0.29) is 23.3 Å². The smallest absolute Gasteiger partial charge is 0.264 e. The molecule has 2 aliphatic heterocycles. The van der Waals surface area contributed by atoms with E-state index in [1.54, 1.807) is 12.4 Å². The van der Waals surface area contributed by atoms with Gasteiger partial charge in [-0.25, -0.2) is 0 Å². The Kier molecular flexibility index (Phi) is 4.07. The summed E-state index contributed by atoms with van der Waals surface area (Å²) in [5.74, 6) is 0.381. The quantitative estimate of drug-likeness (QED) is 0.901. The van der Waals surface area contributed by atoms with Gasteiger partial charge in [-0.05, 0) is 54.5 Å². The molecule has 1 spiro atoms. The summed E-state index contributed by atoms with van der Waals surface area (Å²) in [6, 6.07) is 5.98. The first kappa shape index (κ1) is 16.3. The minimum absolute atomic E-state index is 0.107. The maximum absolute atomic E-state index is 12.7. The lowest BCUT2D eigenvalue weighted by Crippen LogP contribution is -2.54. The van der Waals surface area contributed by atoms with Crippen LogP contribution in [-0.4, -0.2) is 40.3 Å². The maximum Gasteiger partial charge on any atom is 0.264 e. The summed E-state index contributed by atoms with van der Waals surface area (Å²) < 4.78 is 0. The summed E-state index contributed by atoms with van der Waals surface area (Å²) >= 11 is 1.50. The van der Waals surface area contributed by atoms with Gasteiger partial charge in [-0.1, -0.05) is 0 Å². The average Bonchev–Trinajstić information content (AvgIpc) is 3.19. The van der Waals surface area contributed by atoms with E-state index in [0.29, 0.717) is 19.5 Å². The second-order valence-corrected chi connectivity index (χ2v) is 7.88. The van der Waals surface area contributed by atoms with E-state index in [4.69, 9.17) is 0 Å². The number of amides is 2. The SMILES string of the molecule is Cc1ccsc1C(=O)N1CCC2(CC1)NC(=O)CC2c1ccncc1. The van der Waals surface area contributed by atoms with Crippen LogP contribution in [0, 0.1) is 6.92 Å². The van der Waals surface area contributed by atoms with Crippen molar-refractivity contribution < 1.29 is 9.59 Å². The highest BCUT2D eigenvalue weighted by Gasteiger charge is 2.49. The van der Waals surface area contributed by atoms with E-state index >= 15 is 0 Å². The highest BCUT2D eigenvalue weighted by atomic mass is 32.1. The van der Waals surface area contributed by atoms with Crippen molar-refractivity contribution in [3.63, 3.8) is 0 Å². The van der Waals surface area contributed by atoms with Crippen LogP contribution in [-0.2, 0) is 4.79 Å². The number of carbonyl (C=O) groups is 2. The van der Waals surface area contributed by atoms with Gasteiger partial charge >= 0.3 is 0 Å². The fourth-order valence-corrected chi connectivity index (χ4v) is 5.04. The molecule has 0 radical (unpaired) electrons. The zero-order valence-electron chi connectivity index (χ0n) is 14.2. The van der Waals surface area contributed by atoms with Crippen LogP contribution in [0.1, 0.15) is 46.0 Å². The van der Waals surface area contributed by atoms with Crippen LogP contribution in [0.25, 0.3) is 0 Å². The molecular weight excluding hydrogens is 334 g/mol. The van der Waals surface area contributed by atoms with Crippen molar-refractivity contribution >= 4 is 23.2 Å². The second kappa shape index (κ2) is 6.26. The van der Waals surface area contributed by atoms with Gasteiger partial charge < -0.3 is 10.2 Å². The van der Waals surface area contributed by atoms with Crippen LogP contribution in [0.2, 0.25) is 0 Å². The number of hydrogen-bond donors (Lipinski definition) is 1. The van der Waals surface area contributed by atoms with Gasteiger partial charge in [0.1, 0.15) is 0 Å². The number of pyridine rings is 1. The summed E-state index contributed by atoms with van der Waals surface area (Å²) in [6.07, 6.45) is 5.67. The fraction of sp³-hybridized carbons (Fsp3) is 0.421. The van der Waals surface area contributed by atoms with Gasteiger partial charge in [-0.15, -0.1) is 11.3 Å². The number of piperidine rings is 1. The molecule has 2 aliphatic rings. The van der Waals surface area contributed by atoms with Gasteiger partial charge in [-0.3, -0.25) is 14.6 Å². The molecule has 0 bridgehead atoms. The van der Waals surface area contributed by atoms with Crippen molar-refractivity contribution in [2.75, 3.05) is 13.1 Å². The predicted octanol–water partition coefficient (Wildman–Crippen LogP) is 2.73. The third-order valence-electron chi connectivity index (χ3n) is 5.55. The van der Waals surface area contributed by atoms with Crippen LogP contribution in [0.4, 0.5) is 0 Å². The first-order valence-corrected chi connectivity index (χ1v) is 9.51. The molecule has 0 aromatic carbocycles. The molecular formula is C19H21N3O2S. The fourth-order valence-electron chi connectivity index (χ4n) is 4.15. The Morgan fingerprint density at radius 2 is 2.00 bits per heavy atom. The molecule has 1 unspecified atom stereocenters. The minimum atomic E-state index is -0.236. The Hall–Kier alpha value is -2.21. The second-order valence-electron chi connectivity index (χ2n) is 6.97. The number of carbonyl (C=O) groups excluding carboxylic acids is 2. The van der Waals surface area contributed by atoms with Gasteiger partial charge in [0, 0.05) is 37.8 Å². The van der Waals surface area contributed by atoms with Gasteiger partial charge in [-0.2, -0.15) is 0 Å². The van der Waals surface area contributed by atoms with Crippen LogP contribution >= 0.6 is 11.3 Å². The monoisotopic (exact) mass is 355 g/mol. The average molecular weight is 355 g/mol. The molecule has 0 aliphatic carbocycles. The van der Waals surface area contributed by atoms with Crippen LogP contribution in [0.15, 0.2) is 36.0 Å². The zero-order chi connectivity index (χ0) is 17.4. The zero-order valence-corrected chi connectivity index (χ0v) is 15.0. The Bertz CT molecular complexity index is 794. The molecule has 4 rings (SSSR count). The van der Waals surface area contributed by atoms with Gasteiger partial charge in [0.15, 0.2) is 0 Å². The third kappa shape index (κ3) is 2.84. The molecule has 2 amide bonds. The van der Waals surface area contributed by atoms with Crippen molar-refractivity contribution in [3.05, 3.63) is 52.0 Å². The lowest BCUT2D eigenvalue weighted by molar-refractivity contribution is -0.120. The van der Waals surface area contributed by atoms with Gasteiger partial charge in [0.05, 0.1) is 10.4 Å². The Balaban J connectivity index is 1.52. The minimum Gasteiger partial charge on any atom is -0.350 e. The summed E-state index contributed by atoms with van der Waals surface area (Å²) in [5, 5.41) is 5.19. The van der Waals surface area contributed by atoms with E-state index < -0.39 is 0 Å². The Labute approximate surface area is 151 Å². The molecule has 4 heterocycles. The molecule has 6 heteroatoms. The lowest BCUT2D eigenvalue weighted by atomic mass is 9.74. The number of rotatable bonds is 2. The predicted molar refractivity (Wildman–Crippen MR) is 96.7 cm³/mol. The molecule has 2 saturated heterocycles.